The second-order valence-electron chi connectivity index (χ2n) is 23.6. The van der Waals surface area contributed by atoms with Gasteiger partial charge in [0.2, 0.25) is 5.91 Å². The number of ether oxygens (including phenoxy) is 2. The van der Waals surface area contributed by atoms with Gasteiger partial charge in [0.25, 0.3) is 0 Å². The van der Waals surface area contributed by atoms with Crippen LogP contribution in [0.4, 0.5) is 0 Å². The van der Waals surface area contributed by atoms with E-state index in [4.69, 9.17) is 9.47 Å². The Morgan fingerprint density at radius 3 is 1.07 bits per heavy atom. The first-order valence-corrected chi connectivity index (χ1v) is 35.1. The molecule has 1 amide bonds. The zero-order valence-electron chi connectivity index (χ0n) is 54.8. The van der Waals surface area contributed by atoms with E-state index in [0.717, 1.165) is 122 Å². The molecule has 0 spiro atoms. The van der Waals surface area contributed by atoms with Crippen LogP contribution in [0.15, 0.2) is 146 Å². The highest BCUT2D eigenvalue weighted by atomic mass is 16.7. The normalized spacial score (nSPS) is 19.0. The summed E-state index contributed by atoms with van der Waals surface area (Å²) in [5.41, 5.74) is 0. The number of amides is 1. The number of hydrogen-bond donors (Lipinski definition) is 6. The summed E-state index contributed by atoms with van der Waals surface area (Å²) in [5.74, 6) is -0.191. The third-order valence-electron chi connectivity index (χ3n) is 15.7. The molecular formula is C77H129NO8. The fraction of sp³-hybridized carbons (Fsp3) is 0.675. The Bertz CT molecular complexity index is 1870. The molecule has 1 fully saturated rings. The van der Waals surface area contributed by atoms with E-state index in [1.54, 1.807) is 6.08 Å². The van der Waals surface area contributed by atoms with Crippen molar-refractivity contribution in [1.82, 2.24) is 5.32 Å². The first-order chi connectivity index (χ1) is 42.3. The van der Waals surface area contributed by atoms with Crippen LogP contribution in [-0.2, 0) is 14.3 Å². The highest BCUT2D eigenvalue weighted by Crippen LogP contribution is 2.23. The summed E-state index contributed by atoms with van der Waals surface area (Å²) in [6, 6.07) is -0.823. The number of hydrogen-bond acceptors (Lipinski definition) is 8. The molecule has 1 saturated heterocycles. The quantitative estimate of drug-likeness (QED) is 0.0261. The molecular weight excluding hydrogens is 1070 g/mol. The number of aliphatic hydroxyl groups is 5. The summed E-state index contributed by atoms with van der Waals surface area (Å²) in [6.07, 6.45) is 92.2. The average Bonchev–Trinajstić information content (AvgIpc) is 2.36. The van der Waals surface area contributed by atoms with E-state index in [2.05, 4.69) is 153 Å². The van der Waals surface area contributed by atoms with Crippen LogP contribution in [-0.4, -0.2) is 87.5 Å². The lowest BCUT2D eigenvalue weighted by Gasteiger charge is -2.40. The summed E-state index contributed by atoms with van der Waals surface area (Å²) in [6.45, 7) is 3.67. The largest absolute Gasteiger partial charge is 0.394 e. The van der Waals surface area contributed by atoms with Crippen molar-refractivity contribution in [2.24, 2.45) is 0 Å². The fourth-order valence-electron chi connectivity index (χ4n) is 10.2. The van der Waals surface area contributed by atoms with Gasteiger partial charge in [-0.05, 0) is 103 Å². The Morgan fingerprint density at radius 1 is 0.407 bits per heavy atom. The molecule has 0 aliphatic carbocycles. The summed E-state index contributed by atoms with van der Waals surface area (Å²) in [4.78, 5) is 13.1. The lowest BCUT2D eigenvalue weighted by atomic mass is 9.99. The third-order valence-corrected chi connectivity index (χ3v) is 15.7. The molecule has 1 aliphatic rings. The molecule has 0 aromatic heterocycles. The maximum Gasteiger partial charge on any atom is 0.220 e. The van der Waals surface area contributed by atoms with Crippen LogP contribution < -0.4 is 5.32 Å². The van der Waals surface area contributed by atoms with Gasteiger partial charge >= 0.3 is 0 Å². The van der Waals surface area contributed by atoms with Crippen molar-refractivity contribution in [3.8, 4) is 0 Å². The number of unbranched alkanes of at least 4 members (excludes halogenated alkanes) is 27. The first-order valence-electron chi connectivity index (χ1n) is 35.1. The van der Waals surface area contributed by atoms with E-state index in [1.165, 1.54) is 135 Å². The molecule has 9 heteroatoms. The summed E-state index contributed by atoms with van der Waals surface area (Å²) in [7, 11) is 0. The van der Waals surface area contributed by atoms with Crippen molar-refractivity contribution >= 4 is 5.91 Å². The molecule has 490 valence electrons. The van der Waals surface area contributed by atoms with Crippen LogP contribution in [0.25, 0.3) is 0 Å². The number of nitrogens with one attached hydrogen (secondary N) is 1. The molecule has 0 aromatic carbocycles. The van der Waals surface area contributed by atoms with Gasteiger partial charge in [0.15, 0.2) is 6.29 Å². The second-order valence-corrected chi connectivity index (χ2v) is 23.6. The molecule has 6 N–H and O–H groups in total. The number of rotatable bonds is 59. The van der Waals surface area contributed by atoms with Crippen LogP contribution in [0.2, 0.25) is 0 Å². The lowest BCUT2D eigenvalue weighted by molar-refractivity contribution is -0.302. The lowest BCUT2D eigenvalue weighted by Crippen LogP contribution is -2.60. The predicted octanol–water partition coefficient (Wildman–Crippen LogP) is 19.4. The molecule has 1 heterocycles. The molecule has 9 nitrogen and oxygen atoms in total. The van der Waals surface area contributed by atoms with E-state index in [-0.39, 0.29) is 12.5 Å². The van der Waals surface area contributed by atoms with E-state index >= 15 is 0 Å². The molecule has 0 saturated carbocycles. The van der Waals surface area contributed by atoms with Crippen molar-refractivity contribution in [2.45, 2.75) is 320 Å². The maximum absolute atomic E-state index is 13.1. The fourth-order valence-corrected chi connectivity index (χ4v) is 10.2. The number of aliphatic hydroxyl groups excluding tert-OH is 5. The molecule has 7 unspecified atom stereocenters. The molecule has 0 aromatic rings. The summed E-state index contributed by atoms with van der Waals surface area (Å²) >= 11 is 0. The topological polar surface area (TPSA) is 149 Å². The first kappa shape index (κ1) is 80.1. The SMILES string of the molecule is CC/C=C\C/C=C\C/C=C\C/C=C\C/C=C\C/C=C\C/C=C\C/C=C\C/C=C\C/C=C\C/C=C\CCCCCCCCCC(=O)NC(COC1OC(CO)C(O)C(O)C1O)C(O)/C=C/CCCCCCCCCCCCCCCCCCCCCC. The summed E-state index contributed by atoms with van der Waals surface area (Å²) in [5, 5.41) is 54.7. The molecule has 86 heavy (non-hydrogen) atoms. The van der Waals surface area contributed by atoms with E-state index in [1.807, 2.05) is 6.08 Å². The van der Waals surface area contributed by atoms with E-state index in [0.29, 0.717) is 6.42 Å². The van der Waals surface area contributed by atoms with Crippen LogP contribution >= 0.6 is 0 Å². The molecule has 1 aliphatic heterocycles. The minimum Gasteiger partial charge on any atom is -0.394 e. The van der Waals surface area contributed by atoms with Gasteiger partial charge in [-0.2, -0.15) is 0 Å². The zero-order chi connectivity index (χ0) is 62.1. The average molecular weight is 1200 g/mol. The predicted molar refractivity (Wildman–Crippen MR) is 368 cm³/mol. The maximum atomic E-state index is 13.1. The second kappa shape index (κ2) is 64.1. The monoisotopic (exact) mass is 1200 g/mol. The Kier molecular flexibility index (Phi) is 59.7. The van der Waals surface area contributed by atoms with Gasteiger partial charge in [-0.3, -0.25) is 4.79 Å². The molecule has 7 atom stereocenters. The Hall–Kier alpha value is -3.93. The van der Waals surface area contributed by atoms with Gasteiger partial charge in [-0.25, -0.2) is 0 Å². The van der Waals surface area contributed by atoms with Gasteiger partial charge in [-0.1, -0.05) is 314 Å². The van der Waals surface area contributed by atoms with Gasteiger partial charge in [-0.15, -0.1) is 0 Å². The van der Waals surface area contributed by atoms with E-state index in [9.17, 15) is 30.3 Å². The standard InChI is InChI=1S/C77H129NO8/c1-3-5-7-9-11-13-15-17-19-21-23-25-27-28-29-30-31-32-33-34-35-36-37-38-39-40-41-42-43-44-45-47-49-51-53-55-57-59-61-63-65-67-73(81)78-70(69-85-77-76(84)75(83)74(82)72(68-79)86-77)71(80)66-64-62-60-58-56-54-52-50-48-46-26-24-22-20-18-16-14-12-10-8-6-4-2/h5,7,11,13,17,19,23,25,28-29,31-32,34-35,37-38,40-41,43-44,47,49,64,66,70-72,74-77,79-80,82-84H,3-4,6,8-10,12,14-16,18,20-22,24,26-27,30,33,36,39,42,45-46,48,50-63,65,67-69H2,1-2H3,(H,78,81)/b7-5-,13-11-,19-17-,25-23-,29-28-,32-31-,35-34-,38-37-,41-40-,44-43-,49-47-,66-64+. The molecule has 1 rings (SSSR count). The van der Waals surface area contributed by atoms with Crippen LogP contribution in [0, 0.1) is 0 Å². The van der Waals surface area contributed by atoms with Crippen molar-refractivity contribution in [2.75, 3.05) is 13.2 Å². The Morgan fingerprint density at radius 2 is 0.721 bits per heavy atom. The van der Waals surface area contributed by atoms with Gasteiger partial charge < -0.3 is 40.3 Å². The van der Waals surface area contributed by atoms with Gasteiger partial charge in [0, 0.05) is 6.42 Å². The third kappa shape index (κ3) is 52.1. The number of carbonyl (C=O) groups excluding carboxylic acids is 1. The van der Waals surface area contributed by atoms with Gasteiger partial charge in [0.05, 0.1) is 25.4 Å². The van der Waals surface area contributed by atoms with E-state index < -0.39 is 49.5 Å². The minimum atomic E-state index is -1.58. The molecule has 0 radical (unpaired) electrons. The number of carbonyl (C=O) groups is 1. The van der Waals surface area contributed by atoms with Crippen molar-refractivity contribution in [3.63, 3.8) is 0 Å². The summed E-state index contributed by atoms with van der Waals surface area (Å²) < 4.78 is 11.3. The van der Waals surface area contributed by atoms with Crippen LogP contribution in [0.3, 0.4) is 0 Å². The van der Waals surface area contributed by atoms with Crippen molar-refractivity contribution in [3.05, 3.63) is 146 Å². The zero-order valence-corrected chi connectivity index (χ0v) is 54.8. The smallest absolute Gasteiger partial charge is 0.220 e. The minimum absolute atomic E-state index is 0.191. The van der Waals surface area contributed by atoms with Crippen LogP contribution in [0.5, 0.6) is 0 Å². The highest BCUT2D eigenvalue weighted by Gasteiger charge is 2.44. The van der Waals surface area contributed by atoms with Gasteiger partial charge in [0.1, 0.15) is 24.4 Å². The number of allylic oxidation sites excluding steroid dienone is 23. The van der Waals surface area contributed by atoms with Crippen LogP contribution in [0.1, 0.15) is 277 Å². The highest BCUT2D eigenvalue weighted by molar-refractivity contribution is 5.76. The Labute approximate surface area is 527 Å². The van der Waals surface area contributed by atoms with Crippen molar-refractivity contribution < 1.29 is 39.8 Å². The molecule has 0 bridgehead atoms. The van der Waals surface area contributed by atoms with Crippen molar-refractivity contribution in [1.29, 1.82) is 0 Å². The Balaban J connectivity index is 2.17.